The van der Waals surface area contributed by atoms with Crippen molar-refractivity contribution in [1.82, 2.24) is 4.98 Å². The SMILES string of the molecule is COC(=O)c1c(C)[nH]c(C(C)=O)c1-c1ccc(F)cc1. The van der Waals surface area contributed by atoms with E-state index in [1.165, 1.54) is 38.3 Å². The molecule has 0 aliphatic carbocycles. The highest BCUT2D eigenvalue weighted by molar-refractivity contribution is 6.07. The van der Waals surface area contributed by atoms with Gasteiger partial charge >= 0.3 is 5.97 Å². The van der Waals surface area contributed by atoms with Crippen LogP contribution < -0.4 is 0 Å². The molecule has 0 saturated heterocycles. The largest absolute Gasteiger partial charge is 0.465 e. The molecule has 1 heterocycles. The monoisotopic (exact) mass is 275 g/mol. The summed E-state index contributed by atoms with van der Waals surface area (Å²) < 4.78 is 17.8. The molecule has 0 amide bonds. The average molecular weight is 275 g/mol. The third-order valence-electron chi connectivity index (χ3n) is 3.06. The van der Waals surface area contributed by atoms with Crippen molar-refractivity contribution in [1.29, 1.82) is 0 Å². The number of methoxy groups -OCH3 is 1. The van der Waals surface area contributed by atoms with Gasteiger partial charge in [-0.2, -0.15) is 0 Å². The summed E-state index contributed by atoms with van der Waals surface area (Å²) in [6.07, 6.45) is 0. The van der Waals surface area contributed by atoms with E-state index >= 15 is 0 Å². The van der Waals surface area contributed by atoms with Crippen molar-refractivity contribution in [3.05, 3.63) is 47.0 Å². The Kier molecular flexibility index (Phi) is 3.70. The Labute approximate surface area is 115 Å². The Hall–Kier alpha value is -2.43. The third-order valence-corrected chi connectivity index (χ3v) is 3.06. The van der Waals surface area contributed by atoms with Crippen LogP contribution in [0.15, 0.2) is 24.3 Å². The summed E-state index contributed by atoms with van der Waals surface area (Å²) in [5.41, 5.74) is 2.18. The van der Waals surface area contributed by atoms with E-state index in [-0.39, 0.29) is 11.6 Å². The number of rotatable bonds is 3. The number of ether oxygens (including phenoxy) is 1. The van der Waals surface area contributed by atoms with Gasteiger partial charge in [-0.25, -0.2) is 9.18 Å². The molecule has 0 aliphatic heterocycles. The molecule has 0 aliphatic rings. The number of carbonyl (C=O) groups is 2. The van der Waals surface area contributed by atoms with Crippen molar-refractivity contribution >= 4 is 11.8 Å². The van der Waals surface area contributed by atoms with Gasteiger partial charge in [0.25, 0.3) is 0 Å². The molecule has 0 spiro atoms. The fourth-order valence-electron chi connectivity index (χ4n) is 2.15. The molecule has 1 aromatic carbocycles. The highest BCUT2D eigenvalue weighted by Crippen LogP contribution is 2.31. The number of halogens is 1. The maximum Gasteiger partial charge on any atom is 0.340 e. The number of aromatic nitrogens is 1. The topological polar surface area (TPSA) is 59.2 Å². The summed E-state index contributed by atoms with van der Waals surface area (Å²) in [5, 5.41) is 0. The van der Waals surface area contributed by atoms with Gasteiger partial charge in [-0.05, 0) is 24.6 Å². The van der Waals surface area contributed by atoms with Crippen molar-refractivity contribution in [2.45, 2.75) is 13.8 Å². The van der Waals surface area contributed by atoms with Crippen molar-refractivity contribution < 1.29 is 18.7 Å². The van der Waals surface area contributed by atoms with Crippen LogP contribution in [-0.4, -0.2) is 23.8 Å². The number of aryl methyl sites for hydroxylation is 1. The second kappa shape index (κ2) is 5.28. The fourth-order valence-corrected chi connectivity index (χ4v) is 2.15. The van der Waals surface area contributed by atoms with E-state index in [0.29, 0.717) is 28.1 Å². The van der Waals surface area contributed by atoms with Gasteiger partial charge in [0.05, 0.1) is 18.4 Å². The number of benzene rings is 1. The Balaban J connectivity index is 2.73. The summed E-state index contributed by atoms with van der Waals surface area (Å²) in [4.78, 5) is 26.5. The van der Waals surface area contributed by atoms with E-state index < -0.39 is 5.97 Å². The highest BCUT2D eigenvalue weighted by Gasteiger charge is 2.24. The summed E-state index contributed by atoms with van der Waals surface area (Å²) in [6, 6.07) is 5.61. The van der Waals surface area contributed by atoms with E-state index in [1.807, 2.05) is 0 Å². The number of esters is 1. The molecule has 1 N–H and O–H groups in total. The lowest BCUT2D eigenvalue weighted by atomic mass is 9.99. The first-order chi connectivity index (χ1) is 9.45. The van der Waals surface area contributed by atoms with Crippen LogP contribution in [0.2, 0.25) is 0 Å². The van der Waals surface area contributed by atoms with Crippen LogP contribution in [0.3, 0.4) is 0 Å². The molecule has 4 nitrogen and oxygen atoms in total. The normalized spacial score (nSPS) is 10.4. The Morgan fingerprint density at radius 1 is 1.20 bits per heavy atom. The van der Waals surface area contributed by atoms with Gasteiger partial charge < -0.3 is 9.72 Å². The standard InChI is InChI=1S/C15H14FNO3/c1-8-12(15(19)20-3)13(14(17-8)9(2)18)10-4-6-11(16)7-5-10/h4-7,17H,1-3H3. The molecule has 5 heteroatoms. The van der Waals surface area contributed by atoms with Gasteiger partial charge in [0.15, 0.2) is 5.78 Å². The van der Waals surface area contributed by atoms with Gasteiger partial charge in [-0.15, -0.1) is 0 Å². The molecule has 0 atom stereocenters. The number of ketones is 1. The predicted octanol–water partition coefficient (Wildman–Crippen LogP) is 3.12. The first-order valence-corrected chi connectivity index (χ1v) is 6.03. The van der Waals surface area contributed by atoms with Crippen LogP contribution >= 0.6 is 0 Å². The van der Waals surface area contributed by atoms with E-state index in [4.69, 9.17) is 4.74 Å². The lowest BCUT2D eigenvalue weighted by Gasteiger charge is -2.06. The molecule has 0 unspecified atom stereocenters. The van der Waals surface area contributed by atoms with Gasteiger partial charge in [-0.3, -0.25) is 4.79 Å². The maximum atomic E-state index is 13.0. The quantitative estimate of drug-likeness (QED) is 0.691. The zero-order valence-corrected chi connectivity index (χ0v) is 11.4. The van der Waals surface area contributed by atoms with E-state index in [0.717, 1.165) is 0 Å². The van der Waals surface area contributed by atoms with Crippen LogP contribution in [-0.2, 0) is 4.74 Å². The lowest BCUT2D eigenvalue weighted by Crippen LogP contribution is -2.04. The van der Waals surface area contributed by atoms with Crippen LogP contribution in [0.25, 0.3) is 11.1 Å². The Morgan fingerprint density at radius 3 is 2.30 bits per heavy atom. The van der Waals surface area contributed by atoms with Crippen LogP contribution in [0, 0.1) is 12.7 Å². The minimum atomic E-state index is -0.537. The highest BCUT2D eigenvalue weighted by atomic mass is 19.1. The maximum absolute atomic E-state index is 13.0. The zero-order valence-electron chi connectivity index (χ0n) is 11.4. The van der Waals surface area contributed by atoms with Gasteiger partial charge in [-0.1, -0.05) is 12.1 Å². The number of hydrogen-bond donors (Lipinski definition) is 1. The molecule has 104 valence electrons. The van der Waals surface area contributed by atoms with Gasteiger partial charge in [0, 0.05) is 18.2 Å². The molecule has 0 bridgehead atoms. The Bertz CT molecular complexity index is 671. The smallest absolute Gasteiger partial charge is 0.340 e. The summed E-state index contributed by atoms with van der Waals surface area (Å²) >= 11 is 0. The Morgan fingerprint density at radius 2 is 1.80 bits per heavy atom. The van der Waals surface area contributed by atoms with Crippen LogP contribution in [0.1, 0.15) is 33.5 Å². The van der Waals surface area contributed by atoms with E-state index in [9.17, 15) is 14.0 Å². The predicted molar refractivity (Wildman–Crippen MR) is 72.3 cm³/mol. The molecular formula is C15H14FNO3. The third kappa shape index (κ3) is 2.34. The number of H-pyrrole nitrogens is 1. The molecule has 2 aromatic rings. The van der Waals surface area contributed by atoms with E-state index in [1.54, 1.807) is 6.92 Å². The van der Waals surface area contributed by atoms with Crippen LogP contribution in [0.4, 0.5) is 4.39 Å². The van der Waals surface area contributed by atoms with Crippen LogP contribution in [0.5, 0.6) is 0 Å². The summed E-state index contributed by atoms with van der Waals surface area (Å²) in [6.45, 7) is 3.09. The second-order valence-corrected chi connectivity index (χ2v) is 4.43. The van der Waals surface area contributed by atoms with Crippen molar-refractivity contribution in [2.75, 3.05) is 7.11 Å². The molecule has 0 fully saturated rings. The number of carbonyl (C=O) groups excluding carboxylic acids is 2. The molecule has 20 heavy (non-hydrogen) atoms. The summed E-state index contributed by atoms with van der Waals surface area (Å²) in [7, 11) is 1.27. The first kappa shape index (κ1) is 14.0. The molecule has 2 rings (SSSR count). The molecule has 0 saturated carbocycles. The zero-order chi connectivity index (χ0) is 14.9. The number of nitrogens with one attached hydrogen (secondary N) is 1. The minimum absolute atomic E-state index is 0.206. The van der Waals surface area contributed by atoms with Crippen molar-refractivity contribution in [3.8, 4) is 11.1 Å². The minimum Gasteiger partial charge on any atom is -0.465 e. The van der Waals surface area contributed by atoms with Gasteiger partial charge in [0.1, 0.15) is 5.82 Å². The lowest BCUT2D eigenvalue weighted by molar-refractivity contribution is 0.0601. The van der Waals surface area contributed by atoms with Gasteiger partial charge in [0.2, 0.25) is 0 Å². The molecular weight excluding hydrogens is 261 g/mol. The average Bonchev–Trinajstić information content (AvgIpc) is 2.76. The number of hydrogen-bond acceptors (Lipinski definition) is 3. The molecule has 1 aromatic heterocycles. The second-order valence-electron chi connectivity index (χ2n) is 4.43. The molecule has 0 radical (unpaired) electrons. The van der Waals surface area contributed by atoms with Crippen molar-refractivity contribution in [2.24, 2.45) is 0 Å². The van der Waals surface area contributed by atoms with Crippen molar-refractivity contribution in [3.63, 3.8) is 0 Å². The fraction of sp³-hybridized carbons (Fsp3) is 0.200. The summed E-state index contributed by atoms with van der Waals surface area (Å²) in [5.74, 6) is -1.13. The van der Waals surface area contributed by atoms with E-state index in [2.05, 4.69) is 4.98 Å². The number of Topliss-reactive ketones (excluding diaryl/α,β-unsaturated/α-hetero) is 1. The number of aromatic amines is 1. The first-order valence-electron chi connectivity index (χ1n) is 6.03.